The fourth-order valence-electron chi connectivity index (χ4n) is 2.27. The molecule has 124 valence electrons. The van der Waals surface area contributed by atoms with Crippen LogP contribution >= 0.6 is 0 Å². The number of carbonyl (C=O) groups excluding carboxylic acids is 1. The molecular formula is C13H26N2O5S. The van der Waals surface area contributed by atoms with Crippen LogP contribution in [0.25, 0.3) is 0 Å². The number of rotatable bonds is 7. The van der Waals surface area contributed by atoms with Gasteiger partial charge in [0.25, 0.3) is 10.2 Å². The van der Waals surface area contributed by atoms with E-state index in [0.29, 0.717) is 32.4 Å². The van der Waals surface area contributed by atoms with E-state index >= 15 is 0 Å². The van der Waals surface area contributed by atoms with Crippen molar-refractivity contribution in [1.29, 1.82) is 0 Å². The van der Waals surface area contributed by atoms with Crippen LogP contribution in [-0.2, 0) is 19.7 Å². The SMILES string of the molecule is COC(=O)C1CCN(S(=O)(=O)NCC(C)(C)CCO)CC1. The molecule has 0 aromatic carbocycles. The molecule has 0 radical (unpaired) electrons. The highest BCUT2D eigenvalue weighted by Crippen LogP contribution is 2.22. The molecule has 8 heteroatoms. The smallest absolute Gasteiger partial charge is 0.308 e. The lowest BCUT2D eigenvalue weighted by Gasteiger charge is -2.31. The normalized spacial score (nSPS) is 18.7. The van der Waals surface area contributed by atoms with Gasteiger partial charge < -0.3 is 9.84 Å². The van der Waals surface area contributed by atoms with Crippen LogP contribution in [0.15, 0.2) is 0 Å². The zero-order valence-electron chi connectivity index (χ0n) is 13.0. The van der Waals surface area contributed by atoms with E-state index in [2.05, 4.69) is 9.46 Å². The number of hydrogen-bond acceptors (Lipinski definition) is 5. The molecule has 0 spiro atoms. The van der Waals surface area contributed by atoms with Crippen LogP contribution in [0.5, 0.6) is 0 Å². The molecule has 1 aliphatic heterocycles. The van der Waals surface area contributed by atoms with Crippen molar-refractivity contribution in [2.24, 2.45) is 11.3 Å². The molecule has 1 rings (SSSR count). The molecule has 0 bridgehead atoms. The maximum absolute atomic E-state index is 12.2. The van der Waals surface area contributed by atoms with E-state index in [1.54, 1.807) is 0 Å². The zero-order chi connectivity index (χ0) is 16.1. The lowest BCUT2D eigenvalue weighted by molar-refractivity contribution is -0.146. The Balaban J connectivity index is 2.52. The second-order valence-corrected chi connectivity index (χ2v) is 7.92. The highest BCUT2D eigenvalue weighted by molar-refractivity contribution is 7.87. The van der Waals surface area contributed by atoms with Crippen molar-refractivity contribution in [3.8, 4) is 0 Å². The molecule has 0 aromatic heterocycles. The van der Waals surface area contributed by atoms with Crippen molar-refractivity contribution >= 4 is 16.2 Å². The van der Waals surface area contributed by atoms with Crippen molar-refractivity contribution in [1.82, 2.24) is 9.03 Å². The van der Waals surface area contributed by atoms with Crippen LogP contribution in [0, 0.1) is 11.3 Å². The van der Waals surface area contributed by atoms with Crippen molar-refractivity contribution < 1.29 is 23.1 Å². The average Bonchev–Trinajstić information content (AvgIpc) is 2.45. The van der Waals surface area contributed by atoms with Crippen molar-refractivity contribution in [3.05, 3.63) is 0 Å². The number of nitrogens with one attached hydrogen (secondary N) is 1. The molecule has 21 heavy (non-hydrogen) atoms. The first kappa shape index (κ1) is 18.3. The lowest BCUT2D eigenvalue weighted by Crippen LogP contribution is -2.48. The third kappa shape index (κ3) is 5.54. The summed E-state index contributed by atoms with van der Waals surface area (Å²) in [4.78, 5) is 11.4. The van der Waals surface area contributed by atoms with Crippen molar-refractivity contribution in [2.75, 3.05) is 33.4 Å². The van der Waals surface area contributed by atoms with Gasteiger partial charge in [-0.15, -0.1) is 0 Å². The molecule has 0 aliphatic carbocycles. The van der Waals surface area contributed by atoms with Crippen LogP contribution in [0.2, 0.25) is 0 Å². The fourth-order valence-corrected chi connectivity index (χ4v) is 3.71. The Bertz CT molecular complexity index is 441. The summed E-state index contributed by atoms with van der Waals surface area (Å²) in [5, 5.41) is 8.95. The molecular weight excluding hydrogens is 296 g/mol. The van der Waals surface area contributed by atoms with Crippen molar-refractivity contribution in [2.45, 2.75) is 33.1 Å². The van der Waals surface area contributed by atoms with E-state index in [0.717, 1.165) is 0 Å². The first-order valence-electron chi connectivity index (χ1n) is 7.15. The number of esters is 1. The standard InChI is InChI=1S/C13H26N2O5S/c1-13(2,6-9-16)10-14-21(18,19)15-7-4-11(5-8-15)12(17)20-3/h11,14,16H,4-10H2,1-3H3. The zero-order valence-corrected chi connectivity index (χ0v) is 13.8. The van der Waals surface area contributed by atoms with Crippen LogP contribution in [0.4, 0.5) is 0 Å². The molecule has 2 N–H and O–H groups in total. The summed E-state index contributed by atoms with van der Waals surface area (Å²) in [5.74, 6) is -0.489. The molecule has 1 heterocycles. The molecule has 0 aromatic rings. The maximum atomic E-state index is 12.2. The van der Waals surface area contributed by atoms with Gasteiger partial charge in [-0.25, -0.2) is 4.72 Å². The second-order valence-electron chi connectivity index (χ2n) is 6.16. The van der Waals surface area contributed by atoms with Gasteiger partial charge in [0.15, 0.2) is 0 Å². The monoisotopic (exact) mass is 322 g/mol. The van der Waals surface area contributed by atoms with Crippen LogP contribution in [0.1, 0.15) is 33.1 Å². The van der Waals surface area contributed by atoms with E-state index < -0.39 is 10.2 Å². The number of piperidine rings is 1. The minimum atomic E-state index is -3.54. The number of aliphatic hydroxyl groups excluding tert-OH is 1. The summed E-state index contributed by atoms with van der Waals surface area (Å²) >= 11 is 0. The summed E-state index contributed by atoms with van der Waals surface area (Å²) in [6, 6.07) is 0. The summed E-state index contributed by atoms with van der Waals surface area (Å²) in [5.41, 5.74) is -0.299. The molecule has 0 atom stereocenters. The third-order valence-electron chi connectivity index (χ3n) is 3.85. The van der Waals surface area contributed by atoms with Gasteiger partial charge in [0.2, 0.25) is 0 Å². The predicted octanol–water partition coefficient (Wildman–Crippen LogP) is 0.114. The topological polar surface area (TPSA) is 95.9 Å². The summed E-state index contributed by atoms with van der Waals surface area (Å²) in [7, 11) is -2.20. The molecule has 0 unspecified atom stereocenters. The lowest BCUT2D eigenvalue weighted by atomic mass is 9.90. The molecule has 7 nitrogen and oxygen atoms in total. The largest absolute Gasteiger partial charge is 0.469 e. The minimum Gasteiger partial charge on any atom is -0.469 e. The van der Waals surface area contributed by atoms with Gasteiger partial charge in [-0.05, 0) is 24.7 Å². The molecule has 1 saturated heterocycles. The van der Waals surface area contributed by atoms with Gasteiger partial charge in [-0.2, -0.15) is 12.7 Å². The maximum Gasteiger partial charge on any atom is 0.308 e. The number of hydrogen-bond donors (Lipinski definition) is 2. The average molecular weight is 322 g/mol. The van der Waals surface area contributed by atoms with E-state index in [9.17, 15) is 13.2 Å². The van der Waals surface area contributed by atoms with Gasteiger partial charge in [0.1, 0.15) is 0 Å². The highest BCUT2D eigenvalue weighted by Gasteiger charge is 2.32. The van der Waals surface area contributed by atoms with Crippen LogP contribution < -0.4 is 4.72 Å². The highest BCUT2D eigenvalue weighted by atomic mass is 32.2. The summed E-state index contributed by atoms with van der Waals surface area (Å²) in [6.45, 7) is 4.72. The summed E-state index contributed by atoms with van der Waals surface area (Å²) in [6.07, 6.45) is 1.49. The quantitative estimate of drug-likeness (QED) is 0.649. The minimum absolute atomic E-state index is 0.0270. The first-order chi connectivity index (χ1) is 9.72. The Hall–Kier alpha value is -0.700. The van der Waals surface area contributed by atoms with Crippen LogP contribution in [-0.4, -0.2) is 57.1 Å². The molecule has 1 fully saturated rings. The Morgan fingerprint density at radius 2 is 1.95 bits per heavy atom. The molecule has 0 saturated carbocycles. The Morgan fingerprint density at radius 1 is 1.38 bits per heavy atom. The fraction of sp³-hybridized carbons (Fsp3) is 0.923. The predicted molar refractivity (Wildman–Crippen MR) is 78.7 cm³/mol. The molecule has 1 aliphatic rings. The van der Waals surface area contributed by atoms with Gasteiger partial charge in [0, 0.05) is 26.2 Å². The Morgan fingerprint density at radius 3 is 2.43 bits per heavy atom. The van der Waals surface area contributed by atoms with E-state index in [1.807, 2.05) is 13.8 Å². The number of carbonyl (C=O) groups is 1. The van der Waals surface area contributed by atoms with Gasteiger partial charge in [-0.1, -0.05) is 13.8 Å². The van der Waals surface area contributed by atoms with E-state index in [-0.39, 0.29) is 30.5 Å². The second kappa shape index (κ2) is 7.53. The number of aliphatic hydroxyl groups is 1. The Labute approximate surface area is 126 Å². The molecule has 0 amide bonds. The van der Waals surface area contributed by atoms with Crippen LogP contribution in [0.3, 0.4) is 0 Å². The van der Waals surface area contributed by atoms with Gasteiger partial charge in [-0.3, -0.25) is 4.79 Å². The van der Waals surface area contributed by atoms with Crippen molar-refractivity contribution in [3.63, 3.8) is 0 Å². The van der Waals surface area contributed by atoms with Gasteiger partial charge >= 0.3 is 5.97 Å². The Kier molecular flexibility index (Phi) is 6.58. The van der Waals surface area contributed by atoms with Gasteiger partial charge in [0.05, 0.1) is 13.0 Å². The third-order valence-corrected chi connectivity index (χ3v) is 5.40. The van der Waals surface area contributed by atoms with E-state index in [1.165, 1.54) is 11.4 Å². The number of methoxy groups -OCH3 is 1. The van der Waals surface area contributed by atoms with E-state index in [4.69, 9.17) is 5.11 Å². The first-order valence-corrected chi connectivity index (χ1v) is 8.59. The number of nitrogens with zero attached hydrogens (tertiary/aromatic N) is 1. The summed E-state index contributed by atoms with van der Waals surface area (Å²) < 4.78 is 33.1. The number of ether oxygens (including phenoxy) is 1.